The number of para-hydroxylation sites is 1. The van der Waals surface area contributed by atoms with Crippen LogP contribution in [0.15, 0.2) is 53.6 Å². The Labute approximate surface area is 165 Å². The Balaban J connectivity index is 1.80. The maximum absolute atomic E-state index is 12.0. The lowest BCUT2D eigenvalue weighted by Gasteiger charge is -2.04. The highest BCUT2D eigenvalue weighted by Gasteiger charge is 2.15. The smallest absolute Gasteiger partial charge is 0.267 e. The van der Waals surface area contributed by atoms with E-state index in [1.165, 1.54) is 10.9 Å². The van der Waals surface area contributed by atoms with Crippen LogP contribution in [0.4, 0.5) is 0 Å². The zero-order valence-electron chi connectivity index (χ0n) is 13.6. The lowest BCUT2D eigenvalue weighted by Crippen LogP contribution is -2.17. The van der Waals surface area contributed by atoms with E-state index < -0.39 is 0 Å². The Morgan fingerprint density at radius 2 is 1.81 bits per heavy atom. The summed E-state index contributed by atoms with van der Waals surface area (Å²) in [6.07, 6.45) is 1.45. The van der Waals surface area contributed by atoms with E-state index in [1.54, 1.807) is 37.3 Å². The SMILES string of the molecule is Cc1nn(-c2ccccc2Cl)c(Cl)c1/C=N\NC(=O)c1ccc(Cl)cc1. The molecule has 1 amide bonds. The van der Waals surface area contributed by atoms with Gasteiger partial charge in [-0.1, -0.05) is 46.9 Å². The Morgan fingerprint density at radius 3 is 2.50 bits per heavy atom. The Morgan fingerprint density at radius 1 is 1.12 bits per heavy atom. The quantitative estimate of drug-likeness (QED) is 0.494. The summed E-state index contributed by atoms with van der Waals surface area (Å²) in [5, 5.41) is 9.78. The molecule has 0 spiro atoms. The van der Waals surface area contributed by atoms with Gasteiger partial charge in [0.25, 0.3) is 5.91 Å². The van der Waals surface area contributed by atoms with Crippen LogP contribution in [0.5, 0.6) is 0 Å². The van der Waals surface area contributed by atoms with Gasteiger partial charge in [-0.3, -0.25) is 4.79 Å². The topological polar surface area (TPSA) is 59.3 Å². The van der Waals surface area contributed by atoms with Crippen LogP contribution < -0.4 is 5.43 Å². The molecule has 0 fully saturated rings. The number of carbonyl (C=O) groups excluding carboxylic acids is 1. The molecule has 3 rings (SSSR count). The summed E-state index contributed by atoms with van der Waals surface area (Å²) in [7, 11) is 0. The molecular formula is C18H13Cl3N4O. The summed E-state index contributed by atoms with van der Waals surface area (Å²) in [4.78, 5) is 12.0. The van der Waals surface area contributed by atoms with Crippen molar-refractivity contribution in [2.75, 3.05) is 0 Å². The summed E-state index contributed by atoms with van der Waals surface area (Å²) in [5.41, 5.74) is 4.79. The average Bonchev–Trinajstić information content (AvgIpc) is 2.90. The third-order valence-corrected chi connectivity index (χ3v) is 4.53. The fourth-order valence-electron chi connectivity index (χ4n) is 2.26. The summed E-state index contributed by atoms with van der Waals surface area (Å²) >= 11 is 18.4. The highest BCUT2D eigenvalue weighted by Crippen LogP contribution is 2.26. The molecular weight excluding hydrogens is 395 g/mol. The lowest BCUT2D eigenvalue weighted by atomic mass is 10.2. The highest BCUT2D eigenvalue weighted by atomic mass is 35.5. The normalized spacial score (nSPS) is 11.1. The van der Waals surface area contributed by atoms with Gasteiger partial charge in [-0.2, -0.15) is 10.2 Å². The second-order valence-electron chi connectivity index (χ2n) is 5.36. The summed E-state index contributed by atoms with van der Waals surface area (Å²) < 4.78 is 1.53. The third kappa shape index (κ3) is 3.90. The van der Waals surface area contributed by atoms with Gasteiger partial charge in [-0.15, -0.1) is 0 Å². The first kappa shape index (κ1) is 18.5. The number of halogens is 3. The van der Waals surface area contributed by atoms with Gasteiger partial charge in [0.2, 0.25) is 0 Å². The van der Waals surface area contributed by atoms with E-state index in [0.29, 0.717) is 37.7 Å². The molecule has 8 heteroatoms. The van der Waals surface area contributed by atoms with Gasteiger partial charge in [0.15, 0.2) is 0 Å². The van der Waals surface area contributed by atoms with Crippen molar-refractivity contribution >= 4 is 46.9 Å². The van der Waals surface area contributed by atoms with Gasteiger partial charge in [0.05, 0.1) is 28.2 Å². The molecule has 2 aromatic carbocycles. The van der Waals surface area contributed by atoms with Crippen molar-refractivity contribution in [3.05, 3.63) is 80.6 Å². The average molecular weight is 408 g/mol. The summed E-state index contributed by atoms with van der Waals surface area (Å²) in [6.45, 7) is 1.79. The van der Waals surface area contributed by atoms with Crippen molar-refractivity contribution in [2.24, 2.45) is 5.10 Å². The van der Waals surface area contributed by atoms with Crippen LogP contribution in [-0.2, 0) is 0 Å². The van der Waals surface area contributed by atoms with Gasteiger partial charge in [0, 0.05) is 10.6 Å². The largest absolute Gasteiger partial charge is 0.271 e. The number of hydrazone groups is 1. The number of benzene rings is 2. The molecule has 1 aromatic heterocycles. The Bertz CT molecular complexity index is 981. The molecule has 0 atom stereocenters. The summed E-state index contributed by atoms with van der Waals surface area (Å²) in [6, 6.07) is 13.7. The molecule has 0 saturated heterocycles. The first-order chi connectivity index (χ1) is 12.5. The molecule has 0 radical (unpaired) electrons. The zero-order valence-corrected chi connectivity index (χ0v) is 15.8. The second kappa shape index (κ2) is 7.91. The highest BCUT2D eigenvalue weighted by molar-refractivity contribution is 6.34. The number of aromatic nitrogens is 2. The minimum absolute atomic E-state index is 0.347. The monoisotopic (exact) mass is 406 g/mol. The number of nitrogens with zero attached hydrogens (tertiary/aromatic N) is 3. The van der Waals surface area contributed by atoms with Gasteiger partial charge >= 0.3 is 0 Å². The fraction of sp³-hybridized carbons (Fsp3) is 0.0556. The maximum atomic E-state index is 12.0. The number of rotatable bonds is 4. The van der Waals surface area contributed by atoms with Gasteiger partial charge in [0.1, 0.15) is 5.15 Å². The fourth-order valence-corrected chi connectivity index (χ4v) is 2.92. The maximum Gasteiger partial charge on any atom is 0.271 e. The first-order valence-corrected chi connectivity index (χ1v) is 8.69. The second-order valence-corrected chi connectivity index (χ2v) is 6.56. The molecule has 132 valence electrons. The van der Waals surface area contributed by atoms with E-state index in [2.05, 4.69) is 15.6 Å². The van der Waals surface area contributed by atoms with Crippen LogP contribution in [0.1, 0.15) is 21.6 Å². The van der Waals surface area contributed by atoms with E-state index in [-0.39, 0.29) is 5.91 Å². The zero-order chi connectivity index (χ0) is 18.7. The minimum Gasteiger partial charge on any atom is -0.267 e. The number of hydrogen-bond donors (Lipinski definition) is 1. The van der Waals surface area contributed by atoms with E-state index in [4.69, 9.17) is 34.8 Å². The molecule has 0 aliphatic carbocycles. The lowest BCUT2D eigenvalue weighted by molar-refractivity contribution is 0.0955. The third-order valence-electron chi connectivity index (χ3n) is 3.59. The van der Waals surface area contributed by atoms with Crippen molar-refractivity contribution in [3.63, 3.8) is 0 Å². The van der Waals surface area contributed by atoms with Crippen molar-refractivity contribution in [2.45, 2.75) is 6.92 Å². The number of amides is 1. The van der Waals surface area contributed by atoms with Gasteiger partial charge in [-0.25, -0.2) is 10.1 Å². The van der Waals surface area contributed by atoms with Gasteiger partial charge < -0.3 is 0 Å². The van der Waals surface area contributed by atoms with Crippen molar-refractivity contribution in [1.29, 1.82) is 0 Å². The molecule has 0 saturated carbocycles. The van der Waals surface area contributed by atoms with Gasteiger partial charge in [-0.05, 0) is 43.3 Å². The van der Waals surface area contributed by atoms with Crippen LogP contribution in [0.3, 0.4) is 0 Å². The first-order valence-electron chi connectivity index (χ1n) is 7.56. The number of aryl methyl sites for hydroxylation is 1. The summed E-state index contributed by atoms with van der Waals surface area (Å²) in [5.74, 6) is -0.356. The number of carbonyl (C=O) groups is 1. The molecule has 5 nitrogen and oxygen atoms in total. The van der Waals surface area contributed by atoms with Crippen molar-refractivity contribution in [1.82, 2.24) is 15.2 Å². The predicted molar refractivity (Wildman–Crippen MR) is 105 cm³/mol. The Hall–Kier alpha value is -2.34. The molecule has 26 heavy (non-hydrogen) atoms. The molecule has 0 aliphatic heterocycles. The van der Waals surface area contributed by atoms with E-state index in [0.717, 1.165) is 0 Å². The Kier molecular flexibility index (Phi) is 5.61. The molecule has 0 bridgehead atoms. The molecule has 0 unspecified atom stereocenters. The van der Waals surface area contributed by atoms with E-state index in [9.17, 15) is 4.79 Å². The predicted octanol–water partition coefficient (Wildman–Crippen LogP) is 4.90. The van der Waals surface area contributed by atoms with Crippen LogP contribution in [0.2, 0.25) is 15.2 Å². The van der Waals surface area contributed by atoms with Crippen LogP contribution >= 0.6 is 34.8 Å². The van der Waals surface area contributed by atoms with Crippen LogP contribution in [-0.4, -0.2) is 21.9 Å². The van der Waals surface area contributed by atoms with Crippen LogP contribution in [0, 0.1) is 6.92 Å². The minimum atomic E-state index is -0.356. The van der Waals surface area contributed by atoms with Crippen LogP contribution in [0.25, 0.3) is 5.69 Å². The molecule has 1 heterocycles. The molecule has 3 aromatic rings. The van der Waals surface area contributed by atoms with E-state index >= 15 is 0 Å². The molecule has 0 aliphatic rings. The number of hydrogen-bond acceptors (Lipinski definition) is 3. The number of nitrogens with one attached hydrogen (secondary N) is 1. The molecule has 1 N–H and O–H groups in total. The van der Waals surface area contributed by atoms with Crippen molar-refractivity contribution < 1.29 is 4.79 Å². The standard InChI is InChI=1S/C18H13Cl3N4O/c1-11-14(10-22-23-18(26)12-6-8-13(19)9-7-12)17(21)25(24-11)16-5-3-2-4-15(16)20/h2-10H,1H3,(H,23,26)/b22-10-. The van der Waals surface area contributed by atoms with E-state index in [1.807, 2.05) is 18.2 Å². The van der Waals surface area contributed by atoms with Crippen molar-refractivity contribution in [3.8, 4) is 5.69 Å².